The van der Waals surface area contributed by atoms with Crippen LogP contribution in [-0.4, -0.2) is 55.0 Å². The van der Waals surface area contributed by atoms with Crippen molar-refractivity contribution >= 4 is 0 Å². The summed E-state index contributed by atoms with van der Waals surface area (Å²) in [6.07, 6.45) is 1.05. The van der Waals surface area contributed by atoms with Gasteiger partial charge in [-0.3, -0.25) is 4.90 Å². The summed E-state index contributed by atoms with van der Waals surface area (Å²) in [5.41, 5.74) is 6.01. The normalized spacial score (nSPS) is 31.3. The predicted octanol–water partition coefficient (Wildman–Crippen LogP) is 0.443. The molecule has 96 valence electrons. The molecule has 0 aromatic rings. The van der Waals surface area contributed by atoms with Gasteiger partial charge in [0.2, 0.25) is 0 Å². The van der Waals surface area contributed by atoms with Crippen LogP contribution in [0, 0.1) is 5.41 Å². The van der Waals surface area contributed by atoms with Crippen molar-refractivity contribution < 1.29 is 9.84 Å². The van der Waals surface area contributed by atoms with Gasteiger partial charge in [0.05, 0.1) is 19.3 Å². The number of aliphatic hydroxyl groups is 1. The summed E-state index contributed by atoms with van der Waals surface area (Å²) >= 11 is 0. The van der Waals surface area contributed by atoms with Gasteiger partial charge in [0, 0.05) is 19.1 Å². The zero-order chi connectivity index (χ0) is 12.2. The van der Waals surface area contributed by atoms with Crippen LogP contribution in [0.5, 0.6) is 0 Å². The highest BCUT2D eigenvalue weighted by Crippen LogP contribution is 2.24. The van der Waals surface area contributed by atoms with Crippen molar-refractivity contribution in [3.05, 3.63) is 0 Å². The average Bonchev–Trinajstić information content (AvgIpc) is 2.32. The number of aliphatic hydroxyl groups excluding tert-OH is 1. The lowest BCUT2D eigenvalue weighted by molar-refractivity contribution is -0.0867. The molecular weight excluding hydrogens is 204 g/mol. The highest BCUT2D eigenvalue weighted by Gasteiger charge is 2.31. The van der Waals surface area contributed by atoms with Crippen molar-refractivity contribution in [1.29, 1.82) is 0 Å². The first kappa shape index (κ1) is 13.9. The fourth-order valence-corrected chi connectivity index (χ4v) is 2.02. The number of nitrogens with two attached hydrogens (primary N) is 1. The Balaban J connectivity index is 2.56. The van der Waals surface area contributed by atoms with E-state index in [1.54, 1.807) is 0 Å². The molecule has 0 aliphatic carbocycles. The lowest BCUT2D eigenvalue weighted by Crippen LogP contribution is -2.53. The van der Waals surface area contributed by atoms with E-state index in [1.165, 1.54) is 0 Å². The number of hydrogen-bond donors (Lipinski definition) is 2. The van der Waals surface area contributed by atoms with Crippen LogP contribution in [0.1, 0.15) is 27.2 Å². The van der Waals surface area contributed by atoms with Crippen LogP contribution in [0.15, 0.2) is 0 Å². The SMILES string of the molecule is CCC(C)(CN)CN1CC(CO)OCC1C. The van der Waals surface area contributed by atoms with Gasteiger partial charge in [0.1, 0.15) is 0 Å². The molecule has 4 nitrogen and oxygen atoms in total. The molecule has 0 saturated carbocycles. The van der Waals surface area contributed by atoms with Crippen molar-refractivity contribution in [3.63, 3.8) is 0 Å². The third-order valence-electron chi connectivity index (χ3n) is 3.77. The zero-order valence-corrected chi connectivity index (χ0v) is 10.8. The largest absolute Gasteiger partial charge is 0.394 e. The van der Waals surface area contributed by atoms with Gasteiger partial charge in [0.25, 0.3) is 0 Å². The topological polar surface area (TPSA) is 58.7 Å². The van der Waals surface area contributed by atoms with E-state index in [2.05, 4.69) is 25.7 Å². The molecule has 0 spiro atoms. The summed E-state index contributed by atoms with van der Waals surface area (Å²) in [4.78, 5) is 2.39. The molecule has 0 bridgehead atoms. The molecule has 0 aromatic heterocycles. The number of nitrogens with zero attached hydrogens (tertiary/aromatic N) is 1. The van der Waals surface area contributed by atoms with Gasteiger partial charge in [-0.05, 0) is 25.3 Å². The minimum atomic E-state index is -0.0323. The van der Waals surface area contributed by atoms with Crippen molar-refractivity contribution in [2.75, 3.05) is 32.8 Å². The molecule has 3 N–H and O–H groups in total. The molecule has 1 heterocycles. The first-order chi connectivity index (χ1) is 7.54. The molecule has 3 atom stereocenters. The fraction of sp³-hybridized carbons (Fsp3) is 1.00. The summed E-state index contributed by atoms with van der Waals surface area (Å²) in [6, 6.07) is 0.417. The Labute approximate surface area is 98.8 Å². The van der Waals surface area contributed by atoms with E-state index in [9.17, 15) is 0 Å². The standard InChI is InChI=1S/C12H26N2O2/c1-4-12(3,8-13)9-14-5-11(6-15)16-7-10(14)2/h10-11,15H,4-9,13H2,1-3H3. The van der Waals surface area contributed by atoms with Gasteiger partial charge in [-0.2, -0.15) is 0 Å². The lowest BCUT2D eigenvalue weighted by Gasteiger charge is -2.42. The van der Waals surface area contributed by atoms with Gasteiger partial charge in [0.15, 0.2) is 0 Å². The Bertz CT molecular complexity index is 207. The van der Waals surface area contributed by atoms with E-state index in [1.807, 2.05) is 0 Å². The van der Waals surface area contributed by atoms with Crippen LogP contribution < -0.4 is 5.73 Å². The summed E-state index contributed by atoms with van der Waals surface area (Å²) in [5.74, 6) is 0. The zero-order valence-electron chi connectivity index (χ0n) is 10.8. The van der Waals surface area contributed by atoms with Crippen LogP contribution in [0.25, 0.3) is 0 Å². The van der Waals surface area contributed by atoms with E-state index < -0.39 is 0 Å². The monoisotopic (exact) mass is 230 g/mol. The maximum Gasteiger partial charge on any atom is 0.0933 e. The van der Waals surface area contributed by atoms with E-state index in [0.717, 1.165) is 19.5 Å². The minimum Gasteiger partial charge on any atom is -0.394 e. The van der Waals surface area contributed by atoms with Crippen LogP contribution in [0.2, 0.25) is 0 Å². The summed E-state index contributed by atoms with van der Waals surface area (Å²) in [6.45, 7) is 9.89. The van der Waals surface area contributed by atoms with Crippen molar-refractivity contribution in [2.45, 2.75) is 39.3 Å². The molecule has 0 aromatic carbocycles. The maximum atomic E-state index is 9.13. The highest BCUT2D eigenvalue weighted by atomic mass is 16.5. The highest BCUT2D eigenvalue weighted by molar-refractivity contribution is 4.84. The van der Waals surface area contributed by atoms with Crippen LogP contribution >= 0.6 is 0 Å². The third-order valence-corrected chi connectivity index (χ3v) is 3.77. The quantitative estimate of drug-likeness (QED) is 0.719. The molecule has 1 aliphatic rings. The Morgan fingerprint density at radius 3 is 2.75 bits per heavy atom. The second kappa shape index (κ2) is 5.96. The average molecular weight is 230 g/mol. The van der Waals surface area contributed by atoms with Crippen LogP contribution in [-0.2, 0) is 4.74 Å². The number of hydrogen-bond acceptors (Lipinski definition) is 4. The fourth-order valence-electron chi connectivity index (χ4n) is 2.02. The molecule has 1 fully saturated rings. The molecule has 0 amide bonds. The first-order valence-corrected chi connectivity index (χ1v) is 6.21. The van der Waals surface area contributed by atoms with Gasteiger partial charge in [-0.15, -0.1) is 0 Å². The number of ether oxygens (including phenoxy) is 1. The predicted molar refractivity (Wildman–Crippen MR) is 65.3 cm³/mol. The molecule has 16 heavy (non-hydrogen) atoms. The van der Waals surface area contributed by atoms with E-state index >= 15 is 0 Å². The van der Waals surface area contributed by atoms with Crippen LogP contribution in [0.4, 0.5) is 0 Å². The van der Waals surface area contributed by atoms with Gasteiger partial charge in [-0.1, -0.05) is 13.8 Å². The Morgan fingerprint density at radius 1 is 1.56 bits per heavy atom. The van der Waals surface area contributed by atoms with E-state index in [-0.39, 0.29) is 18.1 Å². The summed E-state index contributed by atoms with van der Waals surface area (Å²) in [5, 5.41) is 9.13. The summed E-state index contributed by atoms with van der Waals surface area (Å²) in [7, 11) is 0. The second-order valence-electron chi connectivity index (χ2n) is 5.28. The first-order valence-electron chi connectivity index (χ1n) is 6.21. The molecular formula is C12H26N2O2. The number of rotatable bonds is 5. The number of morpholine rings is 1. The second-order valence-corrected chi connectivity index (χ2v) is 5.28. The van der Waals surface area contributed by atoms with Crippen LogP contribution in [0.3, 0.4) is 0 Å². The molecule has 0 radical (unpaired) electrons. The third kappa shape index (κ3) is 3.42. The Morgan fingerprint density at radius 2 is 2.25 bits per heavy atom. The van der Waals surface area contributed by atoms with E-state index in [4.69, 9.17) is 15.6 Å². The molecule has 3 unspecified atom stereocenters. The smallest absolute Gasteiger partial charge is 0.0933 e. The Hall–Kier alpha value is -0.160. The molecule has 1 aliphatic heterocycles. The summed E-state index contributed by atoms with van der Waals surface area (Å²) < 4.78 is 5.53. The minimum absolute atomic E-state index is 0.0323. The molecule has 4 heteroatoms. The molecule has 1 saturated heterocycles. The van der Waals surface area contributed by atoms with Gasteiger partial charge >= 0.3 is 0 Å². The van der Waals surface area contributed by atoms with E-state index in [0.29, 0.717) is 19.2 Å². The van der Waals surface area contributed by atoms with Crippen molar-refractivity contribution in [2.24, 2.45) is 11.1 Å². The van der Waals surface area contributed by atoms with Gasteiger partial charge in [-0.25, -0.2) is 0 Å². The molecule has 1 rings (SSSR count). The maximum absolute atomic E-state index is 9.13. The lowest BCUT2D eigenvalue weighted by atomic mass is 9.86. The van der Waals surface area contributed by atoms with Crippen molar-refractivity contribution in [3.8, 4) is 0 Å². The Kier molecular flexibility index (Phi) is 5.18. The van der Waals surface area contributed by atoms with Gasteiger partial charge < -0.3 is 15.6 Å². The van der Waals surface area contributed by atoms with Crippen molar-refractivity contribution in [1.82, 2.24) is 4.90 Å².